The van der Waals surface area contributed by atoms with Gasteiger partial charge in [-0.05, 0) is 24.8 Å². The van der Waals surface area contributed by atoms with Crippen molar-refractivity contribution in [3.63, 3.8) is 0 Å². The molecule has 0 aromatic heterocycles. The van der Waals surface area contributed by atoms with Crippen molar-refractivity contribution in [1.29, 1.82) is 0 Å². The lowest BCUT2D eigenvalue weighted by Crippen LogP contribution is -2.57. The molecular weight excluding hydrogens is 302 g/mol. The number of hydrogen-bond acceptors (Lipinski definition) is 3. The Bertz CT molecular complexity index is 562. The van der Waals surface area contributed by atoms with Crippen LogP contribution >= 0.6 is 11.6 Å². The summed E-state index contributed by atoms with van der Waals surface area (Å²) < 4.78 is 5.36. The van der Waals surface area contributed by atoms with Crippen molar-refractivity contribution in [3.05, 3.63) is 35.9 Å². The average Bonchev–Trinajstić information content (AvgIpc) is 2.51. The summed E-state index contributed by atoms with van der Waals surface area (Å²) >= 11 is 6.39. The summed E-state index contributed by atoms with van der Waals surface area (Å²) in [6.07, 6.45) is 2.22. The third-order valence-electron chi connectivity index (χ3n) is 4.65. The number of amides is 1. The summed E-state index contributed by atoms with van der Waals surface area (Å²) in [5.41, 5.74) is 1.11. The predicted octanol–water partition coefficient (Wildman–Crippen LogP) is 2.74. The minimum Gasteiger partial charge on any atom is -0.462 e. The Morgan fingerprint density at radius 2 is 2.05 bits per heavy atom. The summed E-state index contributed by atoms with van der Waals surface area (Å²) in [6.45, 7) is 2.00. The number of carbonyl (C=O) groups is 2. The number of benzene rings is 1. The van der Waals surface area contributed by atoms with Crippen molar-refractivity contribution >= 4 is 23.5 Å². The molecular formula is C17H20ClNO3. The number of ether oxygens (including phenoxy) is 1. The normalized spacial score (nSPS) is 31.0. The van der Waals surface area contributed by atoms with E-state index in [1.807, 2.05) is 35.2 Å². The number of piperidine rings is 1. The minimum absolute atomic E-state index is 0.0383. The Morgan fingerprint density at radius 1 is 1.32 bits per heavy atom. The summed E-state index contributed by atoms with van der Waals surface area (Å²) in [6, 6.07) is 10.1. The number of hydrogen-bond donors (Lipinski definition) is 0. The molecule has 1 aromatic rings. The fraction of sp³-hybridized carbons (Fsp3) is 0.529. The molecule has 5 heteroatoms. The number of halogens is 1. The maximum absolute atomic E-state index is 12.6. The molecule has 4 atom stereocenters. The molecule has 1 aliphatic carbocycles. The Morgan fingerprint density at radius 3 is 2.73 bits per heavy atom. The van der Waals surface area contributed by atoms with Crippen molar-refractivity contribution < 1.29 is 14.3 Å². The second kappa shape index (κ2) is 6.29. The van der Waals surface area contributed by atoms with Crippen LogP contribution in [-0.4, -0.2) is 34.3 Å². The predicted molar refractivity (Wildman–Crippen MR) is 83.3 cm³/mol. The van der Waals surface area contributed by atoms with Crippen molar-refractivity contribution in [3.8, 4) is 0 Å². The zero-order valence-corrected chi connectivity index (χ0v) is 13.3. The molecule has 2 aliphatic rings. The van der Waals surface area contributed by atoms with Gasteiger partial charge < -0.3 is 9.64 Å². The largest absolute Gasteiger partial charge is 0.462 e. The van der Waals surface area contributed by atoms with Gasteiger partial charge >= 0.3 is 5.97 Å². The summed E-state index contributed by atoms with van der Waals surface area (Å²) in [7, 11) is 0. The third-order valence-corrected chi connectivity index (χ3v) is 5.17. The minimum atomic E-state index is -0.607. The van der Waals surface area contributed by atoms with Crippen LogP contribution in [0.2, 0.25) is 0 Å². The fourth-order valence-electron chi connectivity index (χ4n) is 3.61. The van der Waals surface area contributed by atoms with Gasteiger partial charge in [-0.2, -0.15) is 0 Å². The van der Waals surface area contributed by atoms with E-state index in [2.05, 4.69) is 0 Å². The van der Waals surface area contributed by atoms with E-state index in [1.165, 1.54) is 6.92 Å². The lowest BCUT2D eigenvalue weighted by atomic mass is 9.76. The van der Waals surface area contributed by atoms with E-state index in [4.69, 9.17) is 16.3 Å². The van der Waals surface area contributed by atoms with E-state index in [1.54, 1.807) is 0 Å². The van der Waals surface area contributed by atoms with Gasteiger partial charge in [-0.1, -0.05) is 30.3 Å². The monoisotopic (exact) mass is 321 g/mol. The number of likely N-dealkylation sites (tertiary alicyclic amines) is 1. The quantitative estimate of drug-likeness (QED) is 0.635. The molecule has 0 radical (unpaired) electrons. The summed E-state index contributed by atoms with van der Waals surface area (Å²) in [5.74, 6) is -0.404. The van der Waals surface area contributed by atoms with Crippen LogP contribution in [-0.2, 0) is 20.9 Å². The van der Waals surface area contributed by atoms with Crippen LogP contribution in [0, 0.1) is 5.92 Å². The highest BCUT2D eigenvalue weighted by molar-refractivity contribution is 6.31. The van der Waals surface area contributed by atoms with Crippen molar-refractivity contribution in [2.75, 3.05) is 0 Å². The Hall–Kier alpha value is -1.55. The molecule has 2 fully saturated rings. The van der Waals surface area contributed by atoms with Crippen LogP contribution in [0.15, 0.2) is 30.3 Å². The van der Waals surface area contributed by atoms with Gasteiger partial charge in [0.25, 0.3) is 0 Å². The second-order valence-corrected chi connectivity index (χ2v) is 6.60. The number of nitrogens with zero attached hydrogens (tertiary/aromatic N) is 1. The van der Waals surface area contributed by atoms with Gasteiger partial charge in [0, 0.05) is 25.4 Å². The molecule has 1 aromatic carbocycles. The van der Waals surface area contributed by atoms with Crippen LogP contribution in [0.4, 0.5) is 0 Å². The van der Waals surface area contributed by atoms with E-state index < -0.39 is 5.38 Å². The van der Waals surface area contributed by atoms with Gasteiger partial charge in [0.1, 0.15) is 11.5 Å². The highest BCUT2D eigenvalue weighted by Crippen LogP contribution is 2.40. The molecule has 118 valence electrons. The molecule has 3 rings (SSSR count). The number of esters is 1. The topological polar surface area (TPSA) is 46.6 Å². The van der Waals surface area contributed by atoms with Gasteiger partial charge in [0.15, 0.2) is 0 Å². The Labute approximate surface area is 135 Å². The molecule has 4 nitrogen and oxygen atoms in total. The lowest BCUT2D eigenvalue weighted by molar-refractivity contribution is -0.160. The molecule has 1 saturated carbocycles. The number of carbonyl (C=O) groups excluding carboxylic acids is 2. The van der Waals surface area contributed by atoms with Crippen LogP contribution in [0.25, 0.3) is 0 Å². The van der Waals surface area contributed by atoms with E-state index >= 15 is 0 Å². The standard InChI is InChI=1S/C17H20ClNO3/c1-11(20)22-15-8-7-13-9-14(15)16(18)17(21)19(13)10-12-5-3-2-4-6-12/h2-6,13-16H,7-10H2,1H3/t13-,14-,15+,16+/m1/s1. The second-order valence-electron chi connectivity index (χ2n) is 6.13. The molecule has 22 heavy (non-hydrogen) atoms. The number of alkyl halides is 1. The van der Waals surface area contributed by atoms with E-state index in [0.717, 1.165) is 24.8 Å². The average molecular weight is 322 g/mol. The van der Waals surface area contributed by atoms with Crippen LogP contribution in [0.1, 0.15) is 31.7 Å². The van der Waals surface area contributed by atoms with E-state index in [0.29, 0.717) is 6.54 Å². The zero-order valence-electron chi connectivity index (χ0n) is 12.6. The smallest absolute Gasteiger partial charge is 0.302 e. The maximum Gasteiger partial charge on any atom is 0.302 e. The molecule has 0 unspecified atom stereocenters. The van der Waals surface area contributed by atoms with E-state index in [-0.39, 0.29) is 29.9 Å². The van der Waals surface area contributed by atoms with Crippen LogP contribution < -0.4 is 0 Å². The lowest BCUT2D eigenvalue weighted by Gasteiger charge is -2.47. The van der Waals surface area contributed by atoms with Crippen LogP contribution in [0.3, 0.4) is 0 Å². The van der Waals surface area contributed by atoms with Crippen molar-refractivity contribution in [2.45, 2.75) is 50.3 Å². The molecule has 2 bridgehead atoms. The first-order chi connectivity index (χ1) is 10.6. The molecule has 0 spiro atoms. The van der Waals surface area contributed by atoms with Gasteiger partial charge in [-0.3, -0.25) is 9.59 Å². The Balaban J connectivity index is 1.75. The first kappa shape index (κ1) is 15.3. The van der Waals surface area contributed by atoms with Gasteiger partial charge in [-0.25, -0.2) is 0 Å². The summed E-state index contributed by atoms with van der Waals surface area (Å²) in [5, 5.41) is -0.607. The first-order valence-electron chi connectivity index (χ1n) is 7.72. The van der Waals surface area contributed by atoms with Crippen LogP contribution in [0.5, 0.6) is 0 Å². The van der Waals surface area contributed by atoms with Crippen molar-refractivity contribution in [1.82, 2.24) is 4.90 Å². The van der Waals surface area contributed by atoms with Gasteiger partial charge in [-0.15, -0.1) is 11.6 Å². The highest BCUT2D eigenvalue weighted by Gasteiger charge is 2.48. The van der Waals surface area contributed by atoms with Gasteiger partial charge in [0.05, 0.1) is 0 Å². The molecule has 1 saturated heterocycles. The molecule has 1 amide bonds. The van der Waals surface area contributed by atoms with Gasteiger partial charge in [0.2, 0.25) is 5.91 Å². The maximum atomic E-state index is 12.6. The van der Waals surface area contributed by atoms with E-state index in [9.17, 15) is 9.59 Å². The molecule has 1 aliphatic heterocycles. The third kappa shape index (κ3) is 2.98. The molecule has 1 heterocycles. The highest BCUT2D eigenvalue weighted by atomic mass is 35.5. The Kier molecular flexibility index (Phi) is 4.39. The number of rotatable bonds is 3. The SMILES string of the molecule is CC(=O)O[C@H]1CC[C@@H]2C[C@H]1[C@H](Cl)C(=O)N2Cc1ccccc1. The number of fused-ring (bicyclic) bond motifs is 2. The zero-order chi connectivity index (χ0) is 15.7. The molecule has 0 N–H and O–H groups in total. The summed E-state index contributed by atoms with van der Waals surface area (Å²) in [4.78, 5) is 25.7. The fourth-order valence-corrected chi connectivity index (χ4v) is 4.00. The van der Waals surface area contributed by atoms with Crippen molar-refractivity contribution in [2.24, 2.45) is 5.92 Å². The first-order valence-corrected chi connectivity index (χ1v) is 8.15.